The Kier molecular flexibility index (Phi) is 3.45. The largest absolute Gasteiger partial charge is 0.312 e. The molecule has 1 aromatic carbocycles. The molecule has 2 rings (SSSR count). The van der Waals surface area contributed by atoms with E-state index in [1.54, 1.807) is 0 Å². The predicted octanol–water partition coefficient (Wildman–Crippen LogP) is 3.68. The molecule has 1 fully saturated rings. The lowest BCUT2D eigenvalue weighted by atomic mass is 9.95. The van der Waals surface area contributed by atoms with E-state index < -0.39 is 11.6 Å². The van der Waals surface area contributed by atoms with E-state index in [2.05, 4.69) is 26.1 Å². The van der Waals surface area contributed by atoms with E-state index in [1.807, 2.05) is 0 Å². The van der Waals surface area contributed by atoms with Gasteiger partial charge in [0.2, 0.25) is 0 Å². The van der Waals surface area contributed by atoms with Gasteiger partial charge in [-0.1, -0.05) is 0 Å². The van der Waals surface area contributed by atoms with Crippen molar-refractivity contribution in [2.75, 3.05) is 6.54 Å². The van der Waals surface area contributed by atoms with Gasteiger partial charge < -0.3 is 5.32 Å². The van der Waals surface area contributed by atoms with Crippen LogP contribution in [0.3, 0.4) is 0 Å². The fourth-order valence-corrected chi connectivity index (χ4v) is 2.19. The van der Waals surface area contributed by atoms with Gasteiger partial charge in [-0.15, -0.1) is 0 Å². The summed E-state index contributed by atoms with van der Waals surface area (Å²) in [6.45, 7) is 7.30. The summed E-state index contributed by atoms with van der Waals surface area (Å²) >= 11 is 0. The fraction of sp³-hybridized carbons (Fsp3) is 0.600. The molecule has 18 heavy (non-hydrogen) atoms. The molecule has 0 aliphatic heterocycles. The van der Waals surface area contributed by atoms with Crippen LogP contribution in [0.15, 0.2) is 18.2 Å². The third-order valence-corrected chi connectivity index (χ3v) is 3.45. The van der Waals surface area contributed by atoms with Crippen LogP contribution in [0.2, 0.25) is 0 Å². The molecule has 1 nitrogen and oxygen atoms in total. The van der Waals surface area contributed by atoms with Crippen LogP contribution in [-0.2, 0) is 6.42 Å². The van der Waals surface area contributed by atoms with Crippen LogP contribution in [0.4, 0.5) is 8.78 Å². The van der Waals surface area contributed by atoms with Crippen molar-refractivity contribution < 1.29 is 8.78 Å². The van der Waals surface area contributed by atoms with Crippen LogP contribution in [0, 0.1) is 17.0 Å². The highest BCUT2D eigenvalue weighted by Gasteiger charge is 2.42. The van der Waals surface area contributed by atoms with Gasteiger partial charge in [-0.05, 0) is 63.1 Å². The van der Waals surface area contributed by atoms with E-state index in [0.717, 1.165) is 37.4 Å². The molecule has 0 spiro atoms. The first-order valence-corrected chi connectivity index (χ1v) is 6.48. The molecule has 1 N–H and O–H groups in total. The Labute approximate surface area is 108 Å². The summed E-state index contributed by atoms with van der Waals surface area (Å²) in [5, 5.41) is 3.49. The Balaban J connectivity index is 2.00. The van der Waals surface area contributed by atoms with E-state index in [4.69, 9.17) is 0 Å². The smallest absolute Gasteiger partial charge is 0.126 e. The van der Waals surface area contributed by atoms with Crippen molar-refractivity contribution in [2.24, 2.45) is 5.41 Å². The van der Waals surface area contributed by atoms with Gasteiger partial charge in [0.15, 0.2) is 0 Å². The first-order valence-electron chi connectivity index (χ1n) is 6.48. The second kappa shape index (κ2) is 4.61. The molecule has 1 aliphatic rings. The number of nitrogens with one attached hydrogen (secondary N) is 1. The molecule has 0 aromatic heterocycles. The summed E-state index contributed by atoms with van der Waals surface area (Å²) in [4.78, 5) is 0. The van der Waals surface area contributed by atoms with Crippen molar-refractivity contribution in [1.82, 2.24) is 5.32 Å². The summed E-state index contributed by atoms with van der Waals surface area (Å²) in [6.07, 6.45) is 3.02. The second-order valence-electron chi connectivity index (χ2n) is 6.56. The molecule has 0 heterocycles. The predicted molar refractivity (Wildman–Crippen MR) is 69.5 cm³/mol. The fourth-order valence-electron chi connectivity index (χ4n) is 2.19. The Bertz CT molecular complexity index is 410. The third-order valence-electron chi connectivity index (χ3n) is 3.45. The summed E-state index contributed by atoms with van der Waals surface area (Å²) in [7, 11) is 0. The van der Waals surface area contributed by atoms with Gasteiger partial charge in [0.05, 0.1) is 0 Å². The summed E-state index contributed by atoms with van der Waals surface area (Å²) in [6, 6.07) is 3.82. The van der Waals surface area contributed by atoms with Gasteiger partial charge in [-0.3, -0.25) is 0 Å². The topological polar surface area (TPSA) is 12.0 Å². The van der Waals surface area contributed by atoms with Gasteiger partial charge in [0, 0.05) is 18.2 Å². The number of benzene rings is 1. The van der Waals surface area contributed by atoms with E-state index in [-0.39, 0.29) is 11.0 Å². The Morgan fingerprint density at radius 2 is 1.67 bits per heavy atom. The molecule has 1 saturated carbocycles. The van der Waals surface area contributed by atoms with E-state index in [0.29, 0.717) is 0 Å². The Morgan fingerprint density at radius 3 is 2.11 bits per heavy atom. The lowest BCUT2D eigenvalue weighted by Crippen LogP contribution is -2.40. The van der Waals surface area contributed by atoms with Crippen molar-refractivity contribution >= 4 is 0 Å². The van der Waals surface area contributed by atoms with Crippen molar-refractivity contribution in [3.8, 4) is 0 Å². The minimum absolute atomic E-state index is 0.0861. The number of hydrogen-bond donors (Lipinski definition) is 1. The van der Waals surface area contributed by atoms with Gasteiger partial charge in [-0.25, -0.2) is 8.78 Å². The highest BCUT2D eigenvalue weighted by molar-refractivity contribution is 5.21. The van der Waals surface area contributed by atoms with Gasteiger partial charge in [0.1, 0.15) is 11.6 Å². The maximum Gasteiger partial charge on any atom is 0.126 e. The summed E-state index contributed by atoms with van der Waals surface area (Å²) < 4.78 is 26.3. The second-order valence-corrected chi connectivity index (χ2v) is 6.56. The van der Waals surface area contributed by atoms with E-state index in [1.165, 1.54) is 12.1 Å². The van der Waals surface area contributed by atoms with Crippen molar-refractivity contribution in [3.05, 3.63) is 35.4 Å². The van der Waals surface area contributed by atoms with E-state index in [9.17, 15) is 8.78 Å². The first-order chi connectivity index (χ1) is 8.28. The van der Waals surface area contributed by atoms with Crippen molar-refractivity contribution in [2.45, 2.75) is 45.6 Å². The average molecular weight is 253 g/mol. The average Bonchev–Trinajstić information content (AvgIpc) is 2.93. The Hall–Kier alpha value is -0.960. The lowest BCUT2D eigenvalue weighted by Gasteiger charge is -2.25. The molecule has 0 atom stereocenters. The minimum Gasteiger partial charge on any atom is -0.312 e. The quantitative estimate of drug-likeness (QED) is 0.863. The molecular formula is C15H21F2N. The Morgan fingerprint density at radius 1 is 1.11 bits per heavy atom. The van der Waals surface area contributed by atoms with Gasteiger partial charge >= 0.3 is 0 Å². The highest BCUT2D eigenvalue weighted by atomic mass is 19.1. The zero-order chi connectivity index (χ0) is 13.4. The molecule has 1 aliphatic carbocycles. The van der Waals surface area contributed by atoms with Crippen LogP contribution in [-0.4, -0.2) is 12.1 Å². The molecule has 0 amide bonds. The minimum atomic E-state index is -0.482. The third kappa shape index (κ3) is 3.77. The number of halogens is 2. The highest BCUT2D eigenvalue weighted by Crippen LogP contribution is 2.48. The normalized spacial score (nSPS) is 17.8. The summed E-state index contributed by atoms with van der Waals surface area (Å²) in [5.74, 6) is -0.964. The van der Waals surface area contributed by atoms with Gasteiger partial charge in [-0.2, -0.15) is 0 Å². The molecule has 0 unspecified atom stereocenters. The van der Waals surface area contributed by atoms with Gasteiger partial charge in [0.25, 0.3) is 0 Å². The molecule has 0 saturated heterocycles. The van der Waals surface area contributed by atoms with Crippen LogP contribution in [0.25, 0.3) is 0 Å². The SMILES string of the molecule is CC(C)(C)NCC1(Cc2cc(F)cc(F)c2)CC1. The number of hydrogen-bond acceptors (Lipinski definition) is 1. The van der Waals surface area contributed by atoms with Crippen LogP contribution in [0.1, 0.15) is 39.2 Å². The van der Waals surface area contributed by atoms with Crippen LogP contribution >= 0.6 is 0 Å². The molecule has 0 bridgehead atoms. The monoisotopic (exact) mass is 253 g/mol. The van der Waals surface area contributed by atoms with E-state index >= 15 is 0 Å². The molecule has 0 radical (unpaired) electrons. The zero-order valence-corrected chi connectivity index (χ0v) is 11.3. The van der Waals surface area contributed by atoms with Crippen LogP contribution in [0.5, 0.6) is 0 Å². The standard InChI is InChI=1S/C15H21F2N/c1-14(2,3)18-10-15(4-5-15)9-11-6-12(16)8-13(17)7-11/h6-8,18H,4-5,9-10H2,1-3H3. The maximum atomic E-state index is 13.1. The molecular weight excluding hydrogens is 232 g/mol. The van der Waals surface area contributed by atoms with Crippen LogP contribution < -0.4 is 5.32 Å². The first kappa shape index (κ1) is 13.5. The lowest BCUT2D eigenvalue weighted by molar-refractivity contribution is 0.355. The maximum absolute atomic E-state index is 13.1. The summed E-state index contributed by atoms with van der Waals surface area (Å²) in [5.41, 5.74) is 1.05. The van der Waals surface area contributed by atoms with Crippen molar-refractivity contribution in [1.29, 1.82) is 0 Å². The zero-order valence-electron chi connectivity index (χ0n) is 11.3. The molecule has 100 valence electrons. The number of rotatable bonds is 4. The molecule has 1 aromatic rings. The van der Waals surface area contributed by atoms with Crippen molar-refractivity contribution in [3.63, 3.8) is 0 Å². The molecule has 3 heteroatoms.